The Morgan fingerprint density at radius 2 is 1.89 bits per heavy atom. The second-order valence-electron chi connectivity index (χ2n) is 7.06. The molecule has 4 aromatic rings. The van der Waals surface area contributed by atoms with E-state index in [1.54, 1.807) is 12.1 Å². The number of ketones is 1. The molecule has 0 saturated heterocycles. The van der Waals surface area contributed by atoms with E-state index in [0.717, 1.165) is 34.6 Å². The van der Waals surface area contributed by atoms with Crippen LogP contribution in [0.3, 0.4) is 0 Å². The topological polar surface area (TPSA) is 48.6 Å². The van der Waals surface area contributed by atoms with E-state index in [-0.39, 0.29) is 11.3 Å². The standard InChI is InChI=1S/C22H19ClF2N2O/c1-12-15(16-7-8-17(24)21(25)22(16)26-12)4-2-3-5-20(28)19-11-13-10-14(23)6-9-18(13)27-19/h6-11,26-27H,2-5H2,1H3. The molecular weight excluding hydrogens is 382 g/mol. The lowest BCUT2D eigenvalue weighted by Gasteiger charge is -2.02. The van der Waals surface area contributed by atoms with Crippen LogP contribution >= 0.6 is 11.6 Å². The van der Waals surface area contributed by atoms with Gasteiger partial charge in [-0.2, -0.15) is 0 Å². The van der Waals surface area contributed by atoms with E-state index in [2.05, 4.69) is 9.97 Å². The fraction of sp³-hybridized carbons (Fsp3) is 0.227. The number of nitrogens with one attached hydrogen (secondary N) is 2. The van der Waals surface area contributed by atoms with Crippen molar-refractivity contribution in [3.05, 3.63) is 70.0 Å². The summed E-state index contributed by atoms with van der Waals surface area (Å²) in [6.07, 6.45) is 2.62. The Bertz CT molecular complexity index is 1190. The Morgan fingerprint density at radius 1 is 1.07 bits per heavy atom. The lowest BCUT2D eigenvalue weighted by Crippen LogP contribution is -1.99. The van der Waals surface area contributed by atoms with Gasteiger partial charge in [-0.3, -0.25) is 4.79 Å². The van der Waals surface area contributed by atoms with Crippen LogP contribution in [0.2, 0.25) is 5.02 Å². The van der Waals surface area contributed by atoms with Crippen molar-refractivity contribution in [3.8, 4) is 0 Å². The molecule has 144 valence electrons. The first kappa shape index (κ1) is 18.7. The van der Waals surface area contributed by atoms with Gasteiger partial charge >= 0.3 is 0 Å². The molecule has 6 heteroatoms. The molecule has 0 aliphatic carbocycles. The SMILES string of the molecule is Cc1[nH]c2c(F)c(F)ccc2c1CCCCC(=O)c1cc2cc(Cl)ccc2[nH]1. The number of unbranched alkanes of at least 4 members (excludes halogenated alkanes) is 1. The van der Waals surface area contributed by atoms with Crippen LogP contribution in [0.25, 0.3) is 21.8 Å². The van der Waals surface area contributed by atoms with Crippen molar-refractivity contribution >= 4 is 39.2 Å². The Labute approximate surface area is 165 Å². The van der Waals surface area contributed by atoms with Crippen LogP contribution in [0.4, 0.5) is 8.78 Å². The Hall–Kier alpha value is -2.66. The molecule has 0 aliphatic heterocycles. The number of hydrogen-bond donors (Lipinski definition) is 2. The third-order valence-corrected chi connectivity index (χ3v) is 5.38. The quantitative estimate of drug-likeness (QED) is 0.282. The number of halogens is 3. The third-order valence-electron chi connectivity index (χ3n) is 5.15. The summed E-state index contributed by atoms with van der Waals surface area (Å²) >= 11 is 5.99. The smallest absolute Gasteiger partial charge is 0.182 e. The molecule has 0 fully saturated rings. The van der Waals surface area contributed by atoms with Gasteiger partial charge in [-0.15, -0.1) is 0 Å². The number of rotatable bonds is 6. The second kappa shape index (κ2) is 7.40. The van der Waals surface area contributed by atoms with Gasteiger partial charge in [0.05, 0.1) is 11.2 Å². The zero-order chi connectivity index (χ0) is 19.8. The van der Waals surface area contributed by atoms with Crippen LogP contribution in [-0.2, 0) is 6.42 Å². The number of aromatic nitrogens is 2. The van der Waals surface area contributed by atoms with Crippen LogP contribution in [-0.4, -0.2) is 15.8 Å². The second-order valence-corrected chi connectivity index (χ2v) is 7.49. The van der Waals surface area contributed by atoms with Crippen molar-refractivity contribution in [2.24, 2.45) is 0 Å². The normalized spacial score (nSPS) is 11.6. The number of fused-ring (bicyclic) bond motifs is 2. The maximum Gasteiger partial charge on any atom is 0.182 e. The summed E-state index contributed by atoms with van der Waals surface area (Å²) in [5, 5.41) is 2.26. The van der Waals surface area contributed by atoms with E-state index >= 15 is 0 Å². The number of benzene rings is 2. The van der Waals surface area contributed by atoms with Crippen molar-refractivity contribution in [1.29, 1.82) is 0 Å². The van der Waals surface area contributed by atoms with E-state index in [1.807, 2.05) is 25.1 Å². The van der Waals surface area contributed by atoms with Gasteiger partial charge in [-0.05, 0) is 68.1 Å². The van der Waals surface area contributed by atoms with Crippen LogP contribution in [0.1, 0.15) is 41.0 Å². The average Bonchev–Trinajstić information content (AvgIpc) is 3.22. The first-order valence-electron chi connectivity index (χ1n) is 9.20. The van der Waals surface area contributed by atoms with Crippen molar-refractivity contribution in [2.75, 3.05) is 0 Å². The van der Waals surface area contributed by atoms with E-state index in [4.69, 9.17) is 11.6 Å². The van der Waals surface area contributed by atoms with Crippen molar-refractivity contribution in [2.45, 2.75) is 32.6 Å². The summed E-state index contributed by atoms with van der Waals surface area (Å²) in [5.74, 6) is -1.65. The van der Waals surface area contributed by atoms with Gasteiger partial charge in [-0.25, -0.2) is 8.78 Å². The molecule has 2 N–H and O–H groups in total. The summed E-state index contributed by atoms with van der Waals surface area (Å²) in [6.45, 7) is 1.85. The van der Waals surface area contributed by atoms with Gasteiger partial charge in [0.25, 0.3) is 0 Å². The minimum Gasteiger partial charge on any atom is -0.356 e. The van der Waals surface area contributed by atoms with E-state index in [0.29, 0.717) is 35.4 Å². The molecule has 0 bridgehead atoms. The number of carbonyl (C=O) groups excluding carboxylic acids is 1. The number of hydrogen-bond acceptors (Lipinski definition) is 1. The highest BCUT2D eigenvalue weighted by Gasteiger charge is 2.15. The Balaban J connectivity index is 1.40. The van der Waals surface area contributed by atoms with Gasteiger partial charge < -0.3 is 9.97 Å². The van der Waals surface area contributed by atoms with Crippen LogP contribution < -0.4 is 0 Å². The number of H-pyrrole nitrogens is 2. The molecule has 0 aliphatic rings. The van der Waals surface area contributed by atoms with Gasteiger partial charge in [0.1, 0.15) is 0 Å². The molecule has 0 saturated carbocycles. The molecule has 2 aromatic carbocycles. The van der Waals surface area contributed by atoms with Crippen LogP contribution in [0.5, 0.6) is 0 Å². The number of Topliss-reactive ketones (excluding diaryl/α,β-unsaturated/α-hetero) is 1. The molecule has 4 rings (SSSR count). The third kappa shape index (κ3) is 3.42. The fourth-order valence-electron chi connectivity index (χ4n) is 3.69. The van der Waals surface area contributed by atoms with E-state index in [1.165, 1.54) is 0 Å². The van der Waals surface area contributed by atoms with E-state index in [9.17, 15) is 13.6 Å². The Morgan fingerprint density at radius 3 is 2.71 bits per heavy atom. The monoisotopic (exact) mass is 400 g/mol. The summed E-state index contributed by atoms with van der Waals surface area (Å²) in [4.78, 5) is 18.5. The first-order valence-corrected chi connectivity index (χ1v) is 9.58. The largest absolute Gasteiger partial charge is 0.356 e. The summed E-state index contributed by atoms with van der Waals surface area (Å²) < 4.78 is 27.3. The van der Waals surface area contributed by atoms with E-state index < -0.39 is 11.6 Å². The predicted molar refractivity (Wildman–Crippen MR) is 108 cm³/mol. The van der Waals surface area contributed by atoms with Crippen LogP contribution in [0.15, 0.2) is 36.4 Å². The predicted octanol–water partition coefficient (Wildman–Crippen LogP) is 6.48. The average molecular weight is 401 g/mol. The molecule has 0 unspecified atom stereocenters. The lowest BCUT2D eigenvalue weighted by molar-refractivity contribution is 0.0975. The number of aryl methyl sites for hydroxylation is 2. The van der Waals surface area contributed by atoms with Gasteiger partial charge in [0, 0.05) is 33.4 Å². The maximum atomic E-state index is 13.9. The lowest BCUT2D eigenvalue weighted by atomic mass is 10.0. The van der Waals surface area contributed by atoms with Crippen molar-refractivity contribution in [1.82, 2.24) is 9.97 Å². The highest BCUT2D eigenvalue weighted by molar-refractivity contribution is 6.31. The minimum absolute atomic E-state index is 0.0519. The minimum atomic E-state index is -0.856. The molecule has 0 radical (unpaired) electrons. The van der Waals surface area contributed by atoms with Gasteiger partial charge in [-0.1, -0.05) is 11.6 Å². The fourth-order valence-corrected chi connectivity index (χ4v) is 3.87. The van der Waals surface area contributed by atoms with Crippen molar-refractivity contribution < 1.29 is 13.6 Å². The Kier molecular flexibility index (Phi) is 4.94. The number of carbonyl (C=O) groups is 1. The zero-order valence-corrected chi connectivity index (χ0v) is 16.1. The maximum absolute atomic E-state index is 13.9. The highest BCUT2D eigenvalue weighted by atomic mass is 35.5. The molecule has 3 nitrogen and oxygen atoms in total. The summed E-state index contributed by atoms with van der Waals surface area (Å²) in [5.41, 5.74) is 3.48. The van der Waals surface area contributed by atoms with Crippen molar-refractivity contribution in [3.63, 3.8) is 0 Å². The summed E-state index contributed by atoms with van der Waals surface area (Å²) in [7, 11) is 0. The molecule has 2 heterocycles. The summed E-state index contributed by atoms with van der Waals surface area (Å²) in [6, 6.07) is 10.0. The molecule has 0 atom stereocenters. The van der Waals surface area contributed by atoms with Gasteiger partial charge in [0.15, 0.2) is 17.4 Å². The molecule has 0 spiro atoms. The number of aromatic amines is 2. The molecular formula is C22H19ClF2N2O. The molecule has 0 amide bonds. The first-order chi connectivity index (χ1) is 13.4. The van der Waals surface area contributed by atoms with Crippen LogP contribution in [0, 0.1) is 18.6 Å². The molecule has 2 aromatic heterocycles. The zero-order valence-electron chi connectivity index (χ0n) is 15.3. The highest BCUT2D eigenvalue weighted by Crippen LogP contribution is 2.27. The molecule has 28 heavy (non-hydrogen) atoms. The van der Waals surface area contributed by atoms with Gasteiger partial charge in [0.2, 0.25) is 0 Å².